The summed E-state index contributed by atoms with van der Waals surface area (Å²) in [5, 5.41) is 2.39. The molecule has 4 N–H and O–H groups in total. The number of nitrogens with zero attached hydrogens (tertiary/aromatic N) is 5. The summed E-state index contributed by atoms with van der Waals surface area (Å²) >= 11 is 0. The van der Waals surface area contributed by atoms with Crippen molar-refractivity contribution in [3.8, 4) is 11.3 Å². The number of hydroxylamine groups is 1. The van der Waals surface area contributed by atoms with Crippen LogP contribution in [0.2, 0.25) is 0 Å². The molecule has 1 atom stereocenters. The minimum absolute atomic E-state index is 0.205. The van der Waals surface area contributed by atoms with E-state index in [0.29, 0.717) is 42.2 Å². The number of carbonyl (C=O) groups excluding carboxylic acids is 2. The predicted octanol–water partition coefficient (Wildman–Crippen LogP) is 3.54. The van der Waals surface area contributed by atoms with Gasteiger partial charge in [-0.2, -0.15) is 13.2 Å². The largest absolute Gasteiger partial charge is 0.416 e. The van der Waals surface area contributed by atoms with Crippen LogP contribution in [-0.2, 0) is 15.8 Å². The molecule has 0 aliphatic carbocycles. The van der Waals surface area contributed by atoms with Crippen molar-refractivity contribution in [2.75, 3.05) is 36.1 Å². The minimum Gasteiger partial charge on any atom is -0.382 e. The van der Waals surface area contributed by atoms with E-state index < -0.39 is 17.6 Å². The number of nitrogen functional groups attached to an aromatic ring is 1. The molecule has 1 aliphatic heterocycles. The Labute approximate surface area is 226 Å². The zero-order chi connectivity index (χ0) is 28.4. The molecule has 2 amide bonds. The van der Waals surface area contributed by atoms with Gasteiger partial charge < -0.3 is 16.0 Å². The first-order chi connectivity index (χ1) is 19.2. The quantitative estimate of drug-likeness (QED) is 0.308. The number of imidazole rings is 1. The first-order valence-electron chi connectivity index (χ1n) is 12.3. The Morgan fingerprint density at radius 1 is 1.12 bits per heavy atom. The maximum atomic E-state index is 13.0. The molecular weight excluding hydrogens is 529 g/mol. The molecule has 1 saturated heterocycles. The van der Waals surface area contributed by atoms with Crippen LogP contribution in [0.3, 0.4) is 0 Å². The van der Waals surface area contributed by atoms with Gasteiger partial charge in [0.25, 0.3) is 5.91 Å². The number of fused-ring (bicyclic) bond motifs is 1. The number of hydrogen-bond acceptors (Lipinski definition) is 8. The summed E-state index contributed by atoms with van der Waals surface area (Å²) < 4.78 is 40.8. The lowest BCUT2D eigenvalue weighted by molar-refractivity contribution is -0.137. The molecule has 0 saturated carbocycles. The molecule has 3 aromatic heterocycles. The number of anilines is 3. The summed E-state index contributed by atoms with van der Waals surface area (Å²) in [6.45, 7) is 1.11. The average Bonchev–Trinajstić information content (AvgIpc) is 3.34. The number of aromatic nitrogens is 4. The molecule has 14 heteroatoms. The minimum atomic E-state index is -4.56. The lowest BCUT2D eigenvalue weighted by Gasteiger charge is -2.32. The number of pyridine rings is 1. The number of benzene rings is 1. The Morgan fingerprint density at radius 3 is 2.62 bits per heavy atom. The fourth-order valence-corrected chi connectivity index (χ4v) is 4.67. The number of hydrogen-bond donors (Lipinski definition) is 3. The molecule has 0 bridgehead atoms. The molecule has 4 heterocycles. The zero-order valence-electron chi connectivity index (χ0n) is 21.3. The van der Waals surface area contributed by atoms with Gasteiger partial charge in [-0.25, -0.2) is 20.4 Å². The molecule has 1 aliphatic rings. The lowest BCUT2D eigenvalue weighted by atomic mass is 9.98. The Kier molecular flexibility index (Phi) is 7.26. The zero-order valence-corrected chi connectivity index (χ0v) is 21.3. The van der Waals surface area contributed by atoms with E-state index in [9.17, 15) is 22.8 Å². The van der Waals surface area contributed by atoms with Gasteiger partial charge in [-0.1, -0.05) is 12.1 Å². The molecular formula is C26H25F3N8O3. The van der Waals surface area contributed by atoms with Crippen LogP contribution in [0.25, 0.3) is 16.8 Å². The fraction of sp³-hybridized carbons (Fsp3) is 0.269. The molecule has 11 nitrogen and oxygen atoms in total. The van der Waals surface area contributed by atoms with Gasteiger partial charge in [-0.05, 0) is 37.1 Å². The van der Waals surface area contributed by atoms with E-state index >= 15 is 0 Å². The van der Waals surface area contributed by atoms with E-state index in [1.807, 2.05) is 9.30 Å². The number of carbonyl (C=O) groups is 2. The Bertz CT molecular complexity index is 1560. The smallest absolute Gasteiger partial charge is 0.382 e. The van der Waals surface area contributed by atoms with Crippen LogP contribution in [0.5, 0.6) is 0 Å². The molecule has 4 aromatic rings. The van der Waals surface area contributed by atoms with Crippen molar-refractivity contribution in [3.05, 3.63) is 66.1 Å². The van der Waals surface area contributed by atoms with Gasteiger partial charge in [0.2, 0.25) is 11.9 Å². The van der Waals surface area contributed by atoms with Gasteiger partial charge in [-0.3, -0.25) is 18.8 Å². The number of nitrogens with two attached hydrogens (primary N) is 1. The van der Waals surface area contributed by atoms with Crippen molar-refractivity contribution < 1.29 is 27.6 Å². The van der Waals surface area contributed by atoms with Crippen molar-refractivity contribution in [3.63, 3.8) is 0 Å². The van der Waals surface area contributed by atoms with Gasteiger partial charge >= 0.3 is 6.18 Å². The van der Waals surface area contributed by atoms with Gasteiger partial charge in [-0.15, -0.1) is 0 Å². The highest BCUT2D eigenvalue weighted by molar-refractivity contribution is 6.04. The summed E-state index contributed by atoms with van der Waals surface area (Å²) in [6, 6.07) is 7.98. The number of halogens is 3. The van der Waals surface area contributed by atoms with Gasteiger partial charge in [0.05, 0.1) is 18.6 Å². The van der Waals surface area contributed by atoms with Crippen LogP contribution in [-0.4, -0.2) is 51.4 Å². The Balaban J connectivity index is 1.42. The van der Waals surface area contributed by atoms with Crippen molar-refractivity contribution in [2.24, 2.45) is 5.92 Å². The van der Waals surface area contributed by atoms with E-state index in [-0.39, 0.29) is 29.0 Å². The summed E-state index contributed by atoms with van der Waals surface area (Å²) in [5.74, 6) is -0.488. The third-order valence-corrected chi connectivity index (χ3v) is 6.59. The highest BCUT2D eigenvalue weighted by Crippen LogP contribution is 2.33. The normalized spacial score (nSPS) is 15.7. The van der Waals surface area contributed by atoms with Gasteiger partial charge in [0.1, 0.15) is 22.8 Å². The molecule has 1 aromatic carbocycles. The second-order valence-electron chi connectivity index (χ2n) is 9.21. The predicted molar refractivity (Wildman–Crippen MR) is 140 cm³/mol. The molecule has 1 fully saturated rings. The monoisotopic (exact) mass is 554 g/mol. The first kappa shape index (κ1) is 26.9. The summed E-state index contributed by atoms with van der Waals surface area (Å²) in [5.41, 5.74) is 9.65. The Morgan fingerprint density at radius 2 is 1.90 bits per heavy atom. The highest BCUT2D eigenvalue weighted by Gasteiger charge is 2.31. The van der Waals surface area contributed by atoms with E-state index in [4.69, 9.17) is 15.6 Å². The fourth-order valence-electron chi connectivity index (χ4n) is 4.67. The van der Waals surface area contributed by atoms with Crippen molar-refractivity contribution in [1.82, 2.24) is 24.8 Å². The lowest BCUT2D eigenvalue weighted by Crippen LogP contribution is -2.43. The number of rotatable bonds is 6. The molecule has 40 heavy (non-hydrogen) atoms. The van der Waals surface area contributed by atoms with Crippen LogP contribution >= 0.6 is 0 Å². The van der Waals surface area contributed by atoms with E-state index in [0.717, 1.165) is 24.8 Å². The van der Waals surface area contributed by atoms with Crippen molar-refractivity contribution >= 4 is 34.9 Å². The highest BCUT2D eigenvalue weighted by atomic mass is 19.4. The van der Waals surface area contributed by atoms with Gasteiger partial charge in [0, 0.05) is 42.8 Å². The summed E-state index contributed by atoms with van der Waals surface area (Å²) in [6.07, 6.45) is 1.21. The molecule has 0 radical (unpaired) electrons. The first-order valence-corrected chi connectivity index (χ1v) is 12.3. The van der Waals surface area contributed by atoms with Crippen LogP contribution < -0.4 is 21.4 Å². The number of piperidine rings is 1. The molecule has 208 valence electrons. The number of alkyl halides is 3. The van der Waals surface area contributed by atoms with E-state index in [2.05, 4.69) is 20.8 Å². The molecule has 0 spiro atoms. The van der Waals surface area contributed by atoms with Crippen LogP contribution in [0.15, 0.2) is 55.0 Å². The summed E-state index contributed by atoms with van der Waals surface area (Å²) in [7, 11) is 1.39. The number of amides is 2. The van der Waals surface area contributed by atoms with Crippen LogP contribution in [0, 0.1) is 5.92 Å². The number of nitrogens with one attached hydrogen (secondary N) is 2. The average molecular weight is 555 g/mol. The second-order valence-corrected chi connectivity index (χ2v) is 9.21. The topological polar surface area (TPSA) is 140 Å². The molecule has 1 unspecified atom stereocenters. The van der Waals surface area contributed by atoms with Crippen molar-refractivity contribution in [2.45, 2.75) is 19.0 Å². The van der Waals surface area contributed by atoms with E-state index in [1.54, 1.807) is 24.5 Å². The molecule has 5 rings (SSSR count). The third kappa shape index (κ3) is 5.38. The second kappa shape index (κ2) is 10.8. The van der Waals surface area contributed by atoms with Crippen LogP contribution in [0.4, 0.5) is 30.8 Å². The maximum absolute atomic E-state index is 13.0. The summed E-state index contributed by atoms with van der Waals surface area (Å²) in [4.78, 5) is 44.7. The third-order valence-electron chi connectivity index (χ3n) is 6.59. The van der Waals surface area contributed by atoms with Crippen molar-refractivity contribution in [1.29, 1.82) is 0 Å². The standard InChI is InChI=1S/C26H25F3N8O3/c1-40-35-24(39)17-3-2-11-36(14-17)25-34-20(21-22(30)32-10-12-37(21)25)15-4-6-16(7-5-15)23(38)33-19-13-18(8-9-31-19)26(27,28)29/h4-10,12-13,17H,2-3,11,14H2,1H3,(H2,30,32)(H,35,39)(H,31,33,38). The van der Waals surface area contributed by atoms with Gasteiger partial charge in [0.15, 0.2) is 0 Å². The Hall–Kier alpha value is -4.72. The SMILES string of the molecule is CONC(=O)C1CCCN(c2nc(-c3ccc(C(=O)Nc4cc(C(F)(F)F)ccn4)cc3)c3c(N)nccn23)C1. The van der Waals surface area contributed by atoms with Crippen LogP contribution in [0.1, 0.15) is 28.8 Å². The maximum Gasteiger partial charge on any atom is 0.416 e. The van der Waals surface area contributed by atoms with E-state index in [1.165, 1.54) is 19.2 Å².